The molecule has 0 spiro atoms. The predicted molar refractivity (Wildman–Crippen MR) is 79.9 cm³/mol. The largest absolute Gasteiger partial charge is 0.478 e. The van der Waals surface area contributed by atoms with Crippen molar-refractivity contribution in [3.05, 3.63) is 28.8 Å². The van der Waals surface area contributed by atoms with Crippen LogP contribution in [0, 0.1) is 0 Å². The fraction of sp³-hybridized carbons (Fsp3) is 0.429. The van der Waals surface area contributed by atoms with Crippen LogP contribution in [0.4, 0.5) is 4.79 Å². The van der Waals surface area contributed by atoms with Gasteiger partial charge in [0.15, 0.2) is 5.54 Å². The van der Waals surface area contributed by atoms with E-state index in [-0.39, 0.29) is 13.3 Å². The molecule has 8 nitrogen and oxygen atoms in total. The van der Waals surface area contributed by atoms with Crippen LogP contribution in [0.15, 0.2) is 18.2 Å². The number of aliphatic hydroxyl groups is 2. The van der Waals surface area contributed by atoms with E-state index in [1.54, 1.807) is 17.0 Å². The first-order valence-corrected chi connectivity index (χ1v) is 7.38. The summed E-state index contributed by atoms with van der Waals surface area (Å²) in [4.78, 5) is 25.3. The van der Waals surface area contributed by atoms with Gasteiger partial charge < -0.3 is 20.3 Å². The molecule has 3 amide bonds. The second kappa shape index (κ2) is 5.97. The molecule has 0 radical (unpaired) electrons. The molecular formula is C14H16ClN3O5. The van der Waals surface area contributed by atoms with Gasteiger partial charge >= 0.3 is 6.03 Å². The van der Waals surface area contributed by atoms with Gasteiger partial charge in [0.05, 0.1) is 6.61 Å². The summed E-state index contributed by atoms with van der Waals surface area (Å²) in [5.74, 6) is -0.0173. The summed E-state index contributed by atoms with van der Waals surface area (Å²) < 4.78 is 5.60. The summed E-state index contributed by atoms with van der Waals surface area (Å²) in [5, 5.41) is 24.4. The molecule has 2 aliphatic rings. The summed E-state index contributed by atoms with van der Waals surface area (Å²) in [6, 6.07) is 4.55. The minimum atomic E-state index is -1.61. The maximum absolute atomic E-state index is 12.1. The van der Waals surface area contributed by atoms with E-state index in [0.29, 0.717) is 17.3 Å². The number of nitrogens with zero attached hydrogens (tertiary/aromatic N) is 1. The van der Waals surface area contributed by atoms with E-state index < -0.39 is 30.2 Å². The Kier molecular flexibility index (Phi) is 4.15. The lowest BCUT2D eigenvalue weighted by molar-refractivity contribution is -0.131. The van der Waals surface area contributed by atoms with Gasteiger partial charge in [-0.2, -0.15) is 0 Å². The zero-order valence-corrected chi connectivity index (χ0v) is 12.8. The van der Waals surface area contributed by atoms with E-state index in [1.165, 1.54) is 0 Å². The van der Waals surface area contributed by atoms with Crippen molar-refractivity contribution in [3.8, 4) is 5.75 Å². The molecule has 124 valence electrons. The number of aliphatic hydroxyl groups excluding tert-OH is 2. The molecule has 2 aliphatic heterocycles. The molecule has 1 fully saturated rings. The monoisotopic (exact) mass is 341 g/mol. The zero-order chi connectivity index (χ0) is 16.6. The molecule has 0 unspecified atom stereocenters. The Bertz CT molecular complexity index is 655. The molecule has 1 saturated heterocycles. The summed E-state index contributed by atoms with van der Waals surface area (Å²) in [6.07, 6.45) is -1.43. The van der Waals surface area contributed by atoms with Gasteiger partial charge in [-0.05, 0) is 12.1 Å². The smallest absolute Gasteiger partial charge is 0.322 e. The molecule has 0 aromatic heterocycles. The van der Waals surface area contributed by atoms with E-state index in [2.05, 4.69) is 10.6 Å². The number of hydrogen-bond donors (Lipinski definition) is 4. The van der Waals surface area contributed by atoms with E-state index in [9.17, 15) is 19.8 Å². The minimum absolute atomic E-state index is 0.00559. The first-order valence-electron chi connectivity index (χ1n) is 7.01. The number of rotatable bonds is 4. The Morgan fingerprint density at radius 3 is 2.87 bits per heavy atom. The highest BCUT2D eigenvalue weighted by atomic mass is 35.5. The van der Waals surface area contributed by atoms with Crippen molar-refractivity contribution in [3.63, 3.8) is 0 Å². The Morgan fingerprint density at radius 1 is 1.43 bits per heavy atom. The third-order valence-electron chi connectivity index (χ3n) is 4.01. The highest BCUT2D eigenvalue weighted by Gasteiger charge is 2.52. The maximum Gasteiger partial charge on any atom is 0.322 e. The van der Waals surface area contributed by atoms with Crippen LogP contribution in [0.25, 0.3) is 0 Å². The Hall–Kier alpha value is -1.87. The number of hydrogen-bond acceptors (Lipinski definition) is 6. The maximum atomic E-state index is 12.1. The molecule has 23 heavy (non-hydrogen) atoms. The normalized spacial score (nSPS) is 25.3. The average molecular weight is 342 g/mol. The first kappa shape index (κ1) is 16.0. The van der Waals surface area contributed by atoms with E-state index in [1.807, 2.05) is 6.07 Å². The number of halogens is 1. The number of amides is 3. The van der Waals surface area contributed by atoms with Crippen molar-refractivity contribution in [2.75, 3.05) is 19.9 Å². The first-order chi connectivity index (χ1) is 10.9. The fourth-order valence-corrected chi connectivity index (χ4v) is 2.97. The quantitative estimate of drug-likeness (QED) is 0.545. The number of benzene rings is 1. The van der Waals surface area contributed by atoms with Crippen molar-refractivity contribution in [1.29, 1.82) is 0 Å². The van der Waals surface area contributed by atoms with Gasteiger partial charge in [-0.25, -0.2) is 4.79 Å². The number of carbonyl (C=O) groups excluding carboxylic acids is 2. The van der Waals surface area contributed by atoms with Crippen molar-refractivity contribution < 1.29 is 24.5 Å². The van der Waals surface area contributed by atoms with Crippen molar-refractivity contribution in [2.45, 2.75) is 18.2 Å². The lowest BCUT2D eigenvalue weighted by Gasteiger charge is -2.37. The van der Waals surface area contributed by atoms with E-state index in [0.717, 1.165) is 5.56 Å². The molecule has 2 atom stereocenters. The van der Waals surface area contributed by atoms with Gasteiger partial charge in [-0.1, -0.05) is 17.7 Å². The SMILES string of the molecule is O=C1NC(=O)[C@@](CN2COc3cc(Cl)ccc3C2)([C@H](O)CO)N1. The molecular weight excluding hydrogens is 326 g/mol. The van der Waals surface area contributed by atoms with Crippen molar-refractivity contribution in [1.82, 2.24) is 15.5 Å². The third-order valence-corrected chi connectivity index (χ3v) is 4.24. The van der Waals surface area contributed by atoms with E-state index in [4.69, 9.17) is 16.3 Å². The Labute approximate surface area is 137 Å². The van der Waals surface area contributed by atoms with Gasteiger partial charge in [-0.15, -0.1) is 0 Å². The van der Waals surface area contributed by atoms with Crippen molar-refractivity contribution >= 4 is 23.5 Å². The number of carbonyl (C=O) groups is 2. The Morgan fingerprint density at radius 2 is 2.22 bits per heavy atom. The van der Waals surface area contributed by atoms with Crippen LogP contribution in [-0.2, 0) is 11.3 Å². The van der Waals surface area contributed by atoms with Gasteiger partial charge in [0.2, 0.25) is 0 Å². The molecule has 4 N–H and O–H groups in total. The molecule has 1 aromatic carbocycles. The molecule has 2 heterocycles. The molecule has 0 aliphatic carbocycles. The summed E-state index contributed by atoms with van der Waals surface area (Å²) >= 11 is 5.91. The number of fused-ring (bicyclic) bond motifs is 1. The molecule has 1 aromatic rings. The number of urea groups is 1. The topological polar surface area (TPSA) is 111 Å². The standard InChI is InChI=1S/C14H16ClN3O5/c15-9-2-1-8-4-18(7-23-10(8)3-9)6-14(11(20)5-19)12(21)16-13(22)17-14/h1-3,11,19-20H,4-7H2,(H2,16,17,21,22)/t11-,14-/m1/s1. The summed E-state index contributed by atoms with van der Waals surface area (Å²) in [5.41, 5.74) is -0.738. The molecule has 3 rings (SSSR count). The van der Waals surface area contributed by atoms with Crippen LogP contribution in [0.2, 0.25) is 5.02 Å². The Balaban J connectivity index is 1.81. The van der Waals surface area contributed by atoms with Gasteiger partial charge in [0.1, 0.15) is 18.6 Å². The molecule has 0 bridgehead atoms. The molecule has 0 saturated carbocycles. The number of ether oxygens (including phenoxy) is 1. The van der Waals surface area contributed by atoms with E-state index >= 15 is 0 Å². The second-order valence-electron chi connectivity index (χ2n) is 5.59. The predicted octanol–water partition coefficient (Wildman–Crippen LogP) is -0.577. The highest BCUT2D eigenvalue weighted by molar-refractivity contribution is 6.30. The highest BCUT2D eigenvalue weighted by Crippen LogP contribution is 2.29. The van der Waals surface area contributed by atoms with Crippen LogP contribution in [0.5, 0.6) is 5.75 Å². The van der Waals surface area contributed by atoms with Crippen LogP contribution in [-0.4, -0.2) is 58.6 Å². The van der Waals surface area contributed by atoms with Gasteiger partial charge in [0.25, 0.3) is 5.91 Å². The van der Waals surface area contributed by atoms with Crippen LogP contribution in [0.1, 0.15) is 5.56 Å². The van der Waals surface area contributed by atoms with Crippen LogP contribution in [0.3, 0.4) is 0 Å². The van der Waals surface area contributed by atoms with Crippen LogP contribution >= 0.6 is 11.6 Å². The summed E-state index contributed by atoms with van der Waals surface area (Å²) in [7, 11) is 0. The summed E-state index contributed by atoms with van der Waals surface area (Å²) in [6.45, 7) is -0.0467. The lowest BCUT2D eigenvalue weighted by atomic mass is 9.91. The number of nitrogens with one attached hydrogen (secondary N) is 2. The third kappa shape index (κ3) is 2.86. The van der Waals surface area contributed by atoms with Crippen LogP contribution < -0.4 is 15.4 Å². The average Bonchev–Trinajstić information content (AvgIpc) is 2.81. The lowest BCUT2D eigenvalue weighted by Crippen LogP contribution is -2.64. The number of imide groups is 1. The zero-order valence-electron chi connectivity index (χ0n) is 12.1. The molecule has 9 heteroatoms. The van der Waals surface area contributed by atoms with Gasteiger partial charge in [-0.3, -0.25) is 15.0 Å². The minimum Gasteiger partial charge on any atom is -0.478 e. The van der Waals surface area contributed by atoms with Crippen molar-refractivity contribution in [2.24, 2.45) is 0 Å². The van der Waals surface area contributed by atoms with Gasteiger partial charge in [0, 0.05) is 23.7 Å². The second-order valence-corrected chi connectivity index (χ2v) is 6.03. The fourth-order valence-electron chi connectivity index (χ4n) is 2.81.